The van der Waals surface area contributed by atoms with Gasteiger partial charge in [0.2, 0.25) is 11.8 Å². The number of anilines is 1. The van der Waals surface area contributed by atoms with Gasteiger partial charge < -0.3 is 16.0 Å². The predicted molar refractivity (Wildman–Crippen MR) is 97.5 cm³/mol. The van der Waals surface area contributed by atoms with Crippen LogP contribution in [0.2, 0.25) is 0 Å². The van der Waals surface area contributed by atoms with Crippen LogP contribution in [0.25, 0.3) is 0 Å². The zero-order valence-corrected chi connectivity index (χ0v) is 14.2. The van der Waals surface area contributed by atoms with Crippen molar-refractivity contribution in [2.24, 2.45) is 0 Å². The van der Waals surface area contributed by atoms with Crippen LogP contribution in [0.3, 0.4) is 0 Å². The molecular weight excluding hydrogens is 314 g/mol. The Hall–Kier alpha value is -2.82. The van der Waals surface area contributed by atoms with Gasteiger partial charge in [0, 0.05) is 31.7 Å². The third-order valence-corrected chi connectivity index (χ3v) is 4.37. The summed E-state index contributed by atoms with van der Waals surface area (Å²) in [7, 11) is 0. The summed E-state index contributed by atoms with van der Waals surface area (Å²) < 4.78 is 0. The lowest BCUT2D eigenvalue weighted by Crippen LogP contribution is -2.25. The van der Waals surface area contributed by atoms with Crippen LogP contribution in [-0.2, 0) is 29.1 Å². The molecule has 5 nitrogen and oxygen atoms in total. The number of nitrogens with two attached hydrogens (primary N) is 1. The number of likely N-dealkylation sites (tertiary alicyclic amines) is 1. The molecule has 5 heteroatoms. The van der Waals surface area contributed by atoms with E-state index in [2.05, 4.69) is 11.4 Å². The Balaban J connectivity index is 1.52. The Kier molecular flexibility index (Phi) is 5.33. The van der Waals surface area contributed by atoms with Crippen LogP contribution in [0.5, 0.6) is 0 Å². The van der Waals surface area contributed by atoms with Gasteiger partial charge in [-0.15, -0.1) is 0 Å². The summed E-state index contributed by atoms with van der Waals surface area (Å²) in [5.74, 6) is 0.201. The summed E-state index contributed by atoms with van der Waals surface area (Å²) in [6.45, 7) is 1.96. The molecule has 0 unspecified atom stereocenters. The molecule has 0 bridgehead atoms. The number of nitrogen functional groups attached to an aromatic ring is 1. The number of carbonyl (C=O) groups is 2. The maximum absolute atomic E-state index is 12.1. The van der Waals surface area contributed by atoms with Gasteiger partial charge >= 0.3 is 0 Å². The van der Waals surface area contributed by atoms with Crippen LogP contribution in [-0.4, -0.2) is 23.3 Å². The van der Waals surface area contributed by atoms with E-state index in [9.17, 15) is 9.59 Å². The van der Waals surface area contributed by atoms with Crippen molar-refractivity contribution in [1.82, 2.24) is 10.2 Å². The van der Waals surface area contributed by atoms with E-state index in [1.807, 2.05) is 35.2 Å². The summed E-state index contributed by atoms with van der Waals surface area (Å²) in [5, 5.41) is 2.94. The SMILES string of the molecule is Nc1ccc(CC(=O)NCc2cccc(CN3CCCC3=O)c2)cc1. The lowest BCUT2D eigenvalue weighted by Gasteiger charge is -2.16. The molecule has 0 saturated carbocycles. The van der Waals surface area contributed by atoms with Gasteiger partial charge in [-0.05, 0) is 35.2 Å². The zero-order valence-electron chi connectivity index (χ0n) is 14.2. The van der Waals surface area contributed by atoms with Crippen molar-refractivity contribution in [3.8, 4) is 0 Å². The van der Waals surface area contributed by atoms with Crippen LogP contribution in [0.1, 0.15) is 29.5 Å². The van der Waals surface area contributed by atoms with E-state index in [0.29, 0.717) is 31.6 Å². The van der Waals surface area contributed by atoms with Crippen LogP contribution in [0, 0.1) is 0 Å². The fourth-order valence-electron chi connectivity index (χ4n) is 3.01. The number of carbonyl (C=O) groups excluding carboxylic acids is 2. The monoisotopic (exact) mass is 337 g/mol. The third-order valence-electron chi connectivity index (χ3n) is 4.37. The highest BCUT2D eigenvalue weighted by molar-refractivity contribution is 5.79. The van der Waals surface area contributed by atoms with E-state index < -0.39 is 0 Å². The molecule has 0 aromatic heterocycles. The predicted octanol–water partition coefficient (Wildman–Crippen LogP) is 2.25. The number of nitrogens with one attached hydrogen (secondary N) is 1. The van der Waals surface area contributed by atoms with Crippen LogP contribution in [0.15, 0.2) is 48.5 Å². The Bertz CT molecular complexity index is 756. The largest absolute Gasteiger partial charge is 0.399 e. The number of amides is 2. The first-order valence-corrected chi connectivity index (χ1v) is 8.57. The van der Waals surface area contributed by atoms with Crippen LogP contribution >= 0.6 is 0 Å². The van der Waals surface area contributed by atoms with Crippen molar-refractivity contribution < 1.29 is 9.59 Å². The molecule has 25 heavy (non-hydrogen) atoms. The van der Waals surface area contributed by atoms with Gasteiger partial charge in [0.1, 0.15) is 0 Å². The molecule has 1 heterocycles. The maximum Gasteiger partial charge on any atom is 0.224 e. The molecule has 0 radical (unpaired) electrons. The van der Waals surface area contributed by atoms with Crippen molar-refractivity contribution >= 4 is 17.5 Å². The first-order valence-electron chi connectivity index (χ1n) is 8.57. The van der Waals surface area contributed by atoms with Crippen LogP contribution < -0.4 is 11.1 Å². The highest BCUT2D eigenvalue weighted by Gasteiger charge is 2.19. The van der Waals surface area contributed by atoms with Gasteiger partial charge in [-0.1, -0.05) is 36.4 Å². The second-order valence-corrected chi connectivity index (χ2v) is 6.43. The lowest BCUT2D eigenvalue weighted by atomic mass is 10.1. The molecule has 3 N–H and O–H groups in total. The lowest BCUT2D eigenvalue weighted by molar-refractivity contribution is -0.128. The van der Waals surface area contributed by atoms with Crippen molar-refractivity contribution in [2.75, 3.05) is 12.3 Å². The molecule has 3 rings (SSSR count). The smallest absolute Gasteiger partial charge is 0.224 e. The minimum absolute atomic E-state index is 0.0232. The zero-order chi connectivity index (χ0) is 17.6. The molecule has 1 aliphatic rings. The fraction of sp³-hybridized carbons (Fsp3) is 0.300. The van der Waals surface area contributed by atoms with Gasteiger partial charge in [-0.25, -0.2) is 0 Å². The van der Waals surface area contributed by atoms with Gasteiger partial charge in [-0.3, -0.25) is 9.59 Å². The second-order valence-electron chi connectivity index (χ2n) is 6.43. The molecule has 1 fully saturated rings. The van der Waals surface area contributed by atoms with Gasteiger partial charge in [0.15, 0.2) is 0 Å². The van der Waals surface area contributed by atoms with Gasteiger partial charge in [0.25, 0.3) is 0 Å². The molecule has 2 aromatic rings. The normalized spacial score (nSPS) is 13.9. The van der Waals surface area contributed by atoms with Crippen molar-refractivity contribution in [3.05, 3.63) is 65.2 Å². The highest BCUT2D eigenvalue weighted by atomic mass is 16.2. The minimum Gasteiger partial charge on any atom is -0.399 e. The van der Waals surface area contributed by atoms with Gasteiger partial charge in [0.05, 0.1) is 6.42 Å². The summed E-state index contributed by atoms with van der Waals surface area (Å²) in [4.78, 5) is 25.7. The summed E-state index contributed by atoms with van der Waals surface area (Å²) in [5.41, 5.74) is 9.41. The van der Waals surface area contributed by atoms with E-state index in [-0.39, 0.29) is 11.8 Å². The Morgan fingerprint density at radius 3 is 2.56 bits per heavy atom. The number of hydrogen-bond acceptors (Lipinski definition) is 3. The van der Waals surface area contributed by atoms with E-state index >= 15 is 0 Å². The third kappa shape index (κ3) is 4.83. The van der Waals surface area contributed by atoms with Gasteiger partial charge in [-0.2, -0.15) is 0 Å². The molecule has 130 valence electrons. The molecule has 2 aromatic carbocycles. The van der Waals surface area contributed by atoms with Crippen molar-refractivity contribution in [2.45, 2.75) is 32.4 Å². The number of benzene rings is 2. The van der Waals surface area contributed by atoms with E-state index in [0.717, 1.165) is 29.7 Å². The second kappa shape index (κ2) is 7.83. The summed E-state index contributed by atoms with van der Waals surface area (Å²) in [6.07, 6.45) is 1.93. The Morgan fingerprint density at radius 1 is 1.08 bits per heavy atom. The maximum atomic E-state index is 12.1. The molecule has 0 atom stereocenters. The standard InChI is InChI=1S/C20H23N3O2/c21-18-8-6-15(7-9-18)12-19(24)22-13-16-3-1-4-17(11-16)14-23-10-2-5-20(23)25/h1,3-4,6-9,11H,2,5,10,12-14,21H2,(H,22,24). The van der Waals surface area contributed by atoms with Crippen molar-refractivity contribution in [1.29, 1.82) is 0 Å². The fourth-order valence-corrected chi connectivity index (χ4v) is 3.01. The molecule has 0 spiro atoms. The highest BCUT2D eigenvalue weighted by Crippen LogP contribution is 2.15. The average molecular weight is 337 g/mol. The first kappa shape index (κ1) is 17.0. The number of nitrogens with zero attached hydrogens (tertiary/aromatic N) is 1. The summed E-state index contributed by atoms with van der Waals surface area (Å²) >= 11 is 0. The van der Waals surface area contributed by atoms with Crippen LogP contribution in [0.4, 0.5) is 5.69 Å². The van der Waals surface area contributed by atoms with Crippen molar-refractivity contribution in [3.63, 3.8) is 0 Å². The molecule has 2 amide bonds. The number of rotatable bonds is 6. The van der Waals surface area contributed by atoms with E-state index in [4.69, 9.17) is 5.73 Å². The minimum atomic E-state index is -0.0232. The Morgan fingerprint density at radius 2 is 1.84 bits per heavy atom. The molecule has 0 aliphatic carbocycles. The van der Waals surface area contributed by atoms with E-state index in [1.165, 1.54) is 0 Å². The average Bonchev–Trinajstić information content (AvgIpc) is 3.00. The molecule has 1 saturated heterocycles. The van der Waals surface area contributed by atoms with E-state index in [1.54, 1.807) is 12.1 Å². The molecule has 1 aliphatic heterocycles. The topological polar surface area (TPSA) is 75.4 Å². The summed E-state index contributed by atoms with van der Waals surface area (Å²) in [6, 6.07) is 15.3. The Labute approximate surface area is 147 Å². The first-order chi connectivity index (χ1) is 12.1. The number of hydrogen-bond donors (Lipinski definition) is 2. The quantitative estimate of drug-likeness (QED) is 0.794. The molecular formula is C20H23N3O2.